The number of hydrogen-bond acceptors (Lipinski definition) is 3. The molecule has 5 nitrogen and oxygen atoms in total. The first-order valence-corrected chi connectivity index (χ1v) is 13.2. The minimum atomic E-state index is -0.680. The third-order valence-electron chi connectivity index (χ3n) is 6.21. The number of aliphatic hydroxyl groups is 2. The number of unbranched alkanes of at least 4 members (excludes halogenated alkanes) is 12. The molecule has 0 aliphatic carbocycles. The molecule has 0 radical (unpaired) electrons. The van der Waals surface area contributed by atoms with Crippen molar-refractivity contribution in [2.45, 2.75) is 128 Å². The summed E-state index contributed by atoms with van der Waals surface area (Å²) in [5, 5.41) is 22.7. The lowest BCUT2D eigenvalue weighted by atomic mass is 10.0. The second kappa shape index (κ2) is 22.8. The number of hydrogen-bond donors (Lipinski definition) is 3. The van der Waals surface area contributed by atoms with Crippen molar-refractivity contribution < 1.29 is 36.6 Å². The molecule has 1 amide bonds. The van der Waals surface area contributed by atoms with Gasteiger partial charge in [0.25, 0.3) is 0 Å². The van der Waals surface area contributed by atoms with Crippen molar-refractivity contribution in [2.75, 3.05) is 6.61 Å². The maximum atomic E-state index is 12.2. The van der Waals surface area contributed by atoms with Gasteiger partial charge in [-0.25, -0.2) is 4.57 Å². The number of aliphatic hydroxyl groups excluding tert-OH is 2. The van der Waals surface area contributed by atoms with Gasteiger partial charge in [-0.15, -0.1) is 0 Å². The summed E-state index contributed by atoms with van der Waals surface area (Å²) in [6.07, 6.45) is 21.9. The van der Waals surface area contributed by atoms with E-state index in [4.69, 9.17) is 0 Å². The molecule has 0 fully saturated rings. The Balaban J connectivity index is 0.0000102. The molecule has 1 aromatic heterocycles. The minimum Gasteiger partial charge on any atom is -1.00 e. The van der Waals surface area contributed by atoms with E-state index >= 15 is 0 Å². The third-order valence-corrected chi connectivity index (χ3v) is 6.21. The van der Waals surface area contributed by atoms with E-state index in [1.54, 1.807) is 0 Å². The first kappa shape index (κ1) is 32.0. The molecule has 1 aromatic rings. The molecule has 0 aliphatic rings. The van der Waals surface area contributed by atoms with Crippen LogP contribution < -0.4 is 26.9 Å². The van der Waals surface area contributed by atoms with Crippen LogP contribution in [0.25, 0.3) is 0 Å². The SMILES string of the molecule is CCCCCCCCCCCCCCC[C@H](O)[C@H](CO)NC(=O)CCC[n+]1ccccc1.[Br-]. The summed E-state index contributed by atoms with van der Waals surface area (Å²) in [6.45, 7) is 2.82. The van der Waals surface area contributed by atoms with Gasteiger partial charge in [-0.2, -0.15) is 0 Å². The monoisotopic (exact) mass is 528 g/mol. The Hall–Kier alpha value is -0.980. The predicted octanol–water partition coefficient (Wildman–Crippen LogP) is 2.08. The van der Waals surface area contributed by atoms with Crippen molar-refractivity contribution >= 4 is 5.91 Å². The highest BCUT2D eigenvalue weighted by atomic mass is 79.9. The van der Waals surface area contributed by atoms with E-state index in [-0.39, 0.29) is 29.5 Å². The Morgan fingerprint density at radius 3 is 1.85 bits per heavy atom. The van der Waals surface area contributed by atoms with Gasteiger partial charge in [0.2, 0.25) is 5.91 Å². The Morgan fingerprint density at radius 2 is 1.33 bits per heavy atom. The Morgan fingerprint density at radius 1 is 0.818 bits per heavy atom. The molecule has 6 heteroatoms. The van der Waals surface area contributed by atoms with Gasteiger partial charge < -0.3 is 32.5 Å². The van der Waals surface area contributed by atoms with Gasteiger partial charge in [0.05, 0.1) is 18.8 Å². The van der Waals surface area contributed by atoms with E-state index in [2.05, 4.69) is 12.2 Å². The van der Waals surface area contributed by atoms with Gasteiger partial charge in [0, 0.05) is 25.0 Å². The molecule has 0 bridgehead atoms. The number of carbonyl (C=O) groups is 1. The molecular weight excluding hydrogens is 480 g/mol. The summed E-state index contributed by atoms with van der Waals surface area (Å²) in [6, 6.07) is 5.33. The average Bonchev–Trinajstić information content (AvgIpc) is 2.81. The Bertz CT molecular complexity index is 560. The van der Waals surface area contributed by atoms with Crippen molar-refractivity contribution in [3.05, 3.63) is 30.6 Å². The molecule has 0 aromatic carbocycles. The van der Waals surface area contributed by atoms with E-state index in [1.165, 1.54) is 70.6 Å². The van der Waals surface area contributed by atoms with Crippen LogP contribution in [-0.2, 0) is 11.3 Å². The van der Waals surface area contributed by atoms with Crippen molar-refractivity contribution in [3.8, 4) is 0 Å². The van der Waals surface area contributed by atoms with Crippen LogP contribution in [0.3, 0.4) is 0 Å². The number of rotatable bonds is 21. The second-order valence-corrected chi connectivity index (χ2v) is 9.17. The maximum absolute atomic E-state index is 12.2. The number of halogens is 1. The highest BCUT2D eigenvalue weighted by molar-refractivity contribution is 5.76. The van der Waals surface area contributed by atoms with Crippen molar-refractivity contribution in [3.63, 3.8) is 0 Å². The number of nitrogens with zero attached hydrogens (tertiary/aromatic N) is 1. The molecule has 33 heavy (non-hydrogen) atoms. The van der Waals surface area contributed by atoms with E-state index in [0.29, 0.717) is 12.8 Å². The van der Waals surface area contributed by atoms with Crippen molar-refractivity contribution in [2.24, 2.45) is 0 Å². The van der Waals surface area contributed by atoms with Gasteiger partial charge in [-0.05, 0) is 6.42 Å². The summed E-state index contributed by atoms with van der Waals surface area (Å²) in [5.74, 6) is -0.106. The summed E-state index contributed by atoms with van der Waals surface area (Å²) >= 11 is 0. The third kappa shape index (κ3) is 18.1. The highest BCUT2D eigenvalue weighted by Crippen LogP contribution is 2.14. The molecule has 2 atom stereocenters. The predicted molar refractivity (Wildman–Crippen MR) is 131 cm³/mol. The number of nitrogens with one attached hydrogen (secondary N) is 1. The lowest BCUT2D eigenvalue weighted by molar-refractivity contribution is -0.697. The van der Waals surface area contributed by atoms with Crippen LogP contribution in [0.4, 0.5) is 0 Å². The largest absolute Gasteiger partial charge is 1.00 e. The van der Waals surface area contributed by atoms with Crippen LogP contribution in [0.1, 0.15) is 110 Å². The topological polar surface area (TPSA) is 73.4 Å². The normalized spacial score (nSPS) is 12.7. The zero-order valence-corrected chi connectivity index (χ0v) is 22.5. The summed E-state index contributed by atoms with van der Waals surface area (Å²) < 4.78 is 2.04. The Labute approximate surface area is 213 Å². The first-order chi connectivity index (χ1) is 15.7. The molecule has 0 spiro atoms. The van der Waals surface area contributed by atoms with Crippen molar-refractivity contribution in [1.29, 1.82) is 0 Å². The zero-order valence-electron chi connectivity index (χ0n) is 20.9. The molecule has 0 unspecified atom stereocenters. The minimum absolute atomic E-state index is 0. The van der Waals surface area contributed by atoms with Gasteiger partial charge >= 0.3 is 0 Å². The highest BCUT2D eigenvalue weighted by Gasteiger charge is 2.20. The maximum Gasteiger partial charge on any atom is 0.220 e. The number of carbonyl (C=O) groups excluding carboxylic acids is 1. The quantitative estimate of drug-likeness (QED) is 0.169. The van der Waals surface area contributed by atoms with E-state index in [1.807, 2.05) is 35.2 Å². The molecule has 0 saturated heterocycles. The van der Waals surface area contributed by atoms with Gasteiger partial charge in [-0.1, -0.05) is 96.5 Å². The van der Waals surface area contributed by atoms with E-state index < -0.39 is 12.1 Å². The Kier molecular flexibility index (Phi) is 22.1. The lowest BCUT2D eigenvalue weighted by Crippen LogP contribution is -3.00. The fourth-order valence-electron chi connectivity index (χ4n) is 4.12. The number of aromatic nitrogens is 1. The number of amides is 1. The van der Waals surface area contributed by atoms with E-state index in [0.717, 1.165) is 25.8 Å². The van der Waals surface area contributed by atoms with Crippen LogP contribution in [-0.4, -0.2) is 34.9 Å². The molecule has 1 rings (SSSR count). The summed E-state index contributed by atoms with van der Waals surface area (Å²) in [4.78, 5) is 12.2. The van der Waals surface area contributed by atoms with Gasteiger partial charge in [-0.3, -0.25) is 4.79 Å². The average molecular weight is 530 g/mol. The lowest BCUT2D eigenvalue weighted by Gasteiger charge is -2.22. The fraction of sp³-hybridized carbons (Fsp3) is 0.778. The first-order valence-electron chi connectivity index (χ1n) is 13.2. The smallest absolute Gasteiger partial charge is 0.220 e. The molecule has 1 heterocycles. The van der Waals surface area contributed by atoms with Crippen LogP contribution in [0.2, 0.25) is 0 Å². The van der Waals surface area contributed by atoms with Crippen LogP contribution in [0, 0.1) is 0 Å². The summed E-state index contributed by atoms with van der Waals surface area (Å²) in [7, 11) is 0. The van der Waals surface area contributed by atoms with Gasteiger partial charge in [0.1, 0.15) is 6.54 Å². The number of pyridine rings is 1. The molecule has 0 aliphatic heterocycles. The standard InChI is InChI=1S/C27H48N2O3.BrH/c1-2-3-4-5-6-7-8-9-10-11-12-13-15-19-26(31)25(24-30)28-27(32)20-18-23-29-21-16-14-17-22-29;/h14,16-17,21-22,25-26,30-31H,2-13,15,18-20,23-24H2,1H3;1H/t25-,26-;/m0./s1. The van der Waals surface area contributed by atoms with Crippen LogP contribution in [0.5, 0.6) is 0 Å². The van der Waals surface area contributed by atoms with Crippen molar-refractivity contribution in [1.82, 2.24) is 5.32 Å². The molecule has 0 saturated carbocycles. The van der Waals surface area contributed by atoms with Gasteiger partial charge in [0.15, 0.2) is 12.4 Å². The zero-order chi connectivity index (χ0) is 23.3. The fourth-order valence-corrected chi connectivity index (χ4v) is 4.12. The van der Waals surface area contributed by atoms with E-state index in [9.17, 15) is 15.0 Å². The molecule has 192 valence electrons. The second-order valence-electron chi connectivity index (χ2n) is 9.17. The van der Waals surface area contributed by atoms with Crippen LogP contribution >= 0.6 is 0 Å². The summed E-state index contributed by atoms with van der Waals surface area (Å²) in [5.41, 5.74) is 0. The molecular formula is C27H49BrN2O3. The number of aryl methyl sites for hydroxylation is 1. The van der Waals surface area contributed by atoms with Crippen LogP contribution in [0.15, 0.2) is 30.6 Å². The molecule has 3 N–H and O–H groups in total.